The minimum Gasteiger partial charge on any atom is -0.504 e. The molecule has 0 saturated heterocycles. The van der Waals surface area contributed by atoms with Crippen molar-refractivity contribution in [2.24, 2.45) is 0 Å². The van der Waals surface area contributed by atoms with E-state index in [1.54, 1.807) is 18.2 Å². The lowest BCUT2D eigenvalue weighted by atomic mass is 10.0. The van der Waals surface area contributed by atoms with Gasteiger partial charge in [0.2, 0.25) is 0 Å². The molecule has 12 heteroatoms. The van der Waals surface area contributed by atoms with Crippen molar-refractivity contribution in [3.63, 3.8) is 0 Å². The number of imide groups is 1. The second kappa shape index (κ2) is 10.1. The van der Waals surface area contributed by atoms with Crippen molar-refractivity contribution in [1.82, 2.24) is 4.90 Å². The summed E-state index contributed by atoms with van der Waals surface area (Å²) >= 11 is 12.4. The van der Waals surface area contributed by atoms with Crippen LogP contribution in [0.1, 0.15) is 20.7 Å². The number of benzene rings is 3. The summed E-state index contributed by atoms with van der Waals surface area (Å²) in [6, 6.07) is 12.6. The van der Waals surface area contributed by atoms with Crippen LogP contribution in [0.2, 0.25) is 10.0 Å². The van der Waals surface area contributed by atoms with E-state index < -0.39 is 52.8 Å². The van der Waals surface area contributed by atoms with Crippen molar-refractivity contribution < 1.29 is 36.4 Å². The maximum Gasteiger partial charge on any atom is 0.264 e. The smallest absolute Gasteiger partial charge is 0.264 e. The molecule has 4 rings (SSSR count). The first-order chi connectivity index (χ1) is 17.0. The molecule has 8 nitrogen and oxygen atoms in total. The molecule has 0 spiro atoms. The molecule has 0 aromatic heterocycles. The van der Waals surface area contributed by atoms with E-state index in [1.807, 2.05) is 0 Å². The van der Waals surface area contributed by atoms with Gasteiger partial charge in [0.1, 0.15) is 18.5 Å². The highest BCUT2D eigenvalue weighted by atomic mass is 35.5. The number of phenols is 1. The van der Waals surface area contributed by atoms with Gasteiger partial charge in [-0.2, -0.15) is 8.42 Å². The van der Waals surface area contributed by atoms with Crippen molar-refractivity contribution in [3.05, 3.63) is 81.6 Å². The van der Waals surface area contributed by atoms with E-state index >= 15 is 0 Å². The summed E-state index contributed by atoms with van der Waals surface area (Å²) < 4.78 is 48.6. The monoisotopic (exact) mass is 553 g/mol. The van der Waals surface area contributed by atoms with E-state index in [9.17, 15) is 27.5 Å². The van der Waals surface area contributed by atoms with Crippen LogP contribution in [0.25, 0.3) is 11.1 Å². The van der Waals surface area contributed by atoms with Gasteiger partial charge < -0.3 is 9.84 Å². The number of ether oxygens (including phenoxy) is 1. The lowest BCUT2D eigenvalue weighted by Gasteiger charge is -2.22. The number of fused-ring (bicyclic) bond motifs is 1. The van der Waals surface area contributed by atoms with Gasteiger partial charge in [0.05, 0.1) is 34.0 Å². The van der Waals surface area contributed by atoms with Gasteiger partial charge in [0.15, 0.2) is 11.5 Å². The Balaban J connectivity index is 1.61. The molecule has 36 heavy (non-hydrogen) atoms. The molecule has 1 aliphatic rings. The fraction of sp³-hybridized carbons (Fsp3) is 0.167. The summed E-state index contributed by atoms with van der Waals surface area (Å²) in [5, 5.41) is 11.1. The number of amides is 2. The van der Waals surface area contributed by atoms with Crippen molar-refractivity contribution in [2.75, 3.05) is 19.4 Å². The molecule has 3 aromatic carbocycles. The lowest BCUT2D eigenvalue weighted by Crippen LogP contribution is -2.41. The van der Waals surface area contributed by atoms with Crippen molar-refractivity contribution in [3.8, 4) is 22.6 Å². The molecule has 0 saturated carbocycles. The van der Waals surface area contributed by atoms with Gasteiger partial charge >= 0.3 is 0 Å². The number of carbonyl (C=O) groups is 2. The molecule has 1 N–H and O–H groups in total. The van der Waals surface area contributed by atoms with Gasteiger partial charge in [-0.25, -0.2) is 4.39 Å². The molecular weight excluding hydrogens is 536 g/mol. The predicted molar refractivity (Wildman–Crippen MR) is 131 cm³/mol. The molecule has 3 aromatic rings. The normalized spacial score (nSPS) is 14.2. The lowest BCUT2D eigenvalue weighted by molar-refractivity contribution is 0.0518. The molecule has 188 valence electrons. The number of phenolic OH excluding ortho intramolecular Hbond substituents is 1. The van der Waals surface area contributed by atoms with Gasteiger partial charge in [-0.05, 0) is 30.3 Å². The summed E-state index contributed by atoms with van der Waals surface area (Å²) in [7, 11) is -4.05. The van der Waals surface area contributed by atoms with Gasteiger partial charge in [-0.1, -0.05) is 41.4 Å². The van der Waals surface area contributed by atoms with Crippen LogP contribution in [0, 0.1) is 5.82 Å². The largest absolute Gasteiger partial charge is 0.504 e. The third-order valence-electron chi connectivity index (χ3n) is 5.27. The Morgan fingerprint density at radius 3 is 2.11 bits per heavy atom. The molecule has 0 unspecified atom stereocenters. The van der Waals surface area contributed by atoms with E-state index in [0.29, 0.717) is 0 Å². The van der Waals surface area contributed by atoms with Crippen molar-refractivity contribution >= 4 is 45.1 Å². The summed E-state index contributed by atoms with van der Waals surface area (Å²) in [5.74, 6) is -2.91. The standard InChI is InChI=1S/C24H18Cl2FNO7S/c1-36(32,33)35-14(11-28-23(30)15-5-2-3-6-16(15)24(28)31)12-34-20-10-13(27)9-17(22(20)29)21-18(25)7-4-8-19(21)26/h2-10,14,29H,11-12H2,1H3/t14-/m1/s1. The Kier molecular flexibility index (Phi) is 7.24. The number of hydrogen-bond acceptors (Lipinski definition) is 7. The van der Waals surface area contributed by atoms with Crippen LogP contribution in [-0.2, 0) is 14.3 Å². The molecule has 0 bridgehead atoms. The second-order valence-electron chi connectivity index (χ2n) is 7.90. The average Bonchev–Trinajstić information content (AvgIpc) is 3.04. The fourth-order valence-electron chi connectivity index (χ4n) is 3.78. The molecule has 1 atom stereocenters. The van der Waals surface area contributed by atoms with E-state index in [-0.39, 0.29) is 38.0 Å². The third-order valence-corrected chi connectivity index (χ3v) is 6.52. The van der Waals surface area contributed by atoms with Crippen molar-refractivity contribution in [1.29, 1.82) is 0 Å². The van der Waals surface area contributed by atoms with E-state index in [2.05, 4.69) is 0 Å². The zero-order chi connectivity index (χ0) is 26.2. The SMILES string of the molecule is CS(=O)(=O)O[C@@H](COc1cc(F)cc(-c2c(Cl)cccc2Cl)c1O)CN1C(=O)c2ccccc2C1=O. The van der Waals surface area contributed by atoms with Crippen LogP contribution in [0.15, 0.2) is 54.6 Å². The quantitative estimate of drug-likeness (QED) is 0.322. The van der Waals surface area contributed by atoms with Crippen LogP contribution >= 0.6 is 23.2 Å². The Morgan fingerprint density at radius 2 is 1.56 bits per heavy atom. The van der Waals surface area contributed by atoms with Crippen LogP contribution in [0.3, 0.4) is 0 Å². The molecular formula is C24H18Cl2FNO7S. The first-order valence-corrected chi connectivity index (χ1v) is 13.0. The Labute approximate surface area is 215 Å². The van der Waals surface area contributed by atoms with Gasteiger partial charge in [-0.15, -0.1) is 0 Å². The topological polar surface area (TPSA) is 110 Å². The highest BCUT2D eigenvalue weighted by molar-refractivity contribution is 7.86. The summed E-state index contributed by atoms with van der Waals surface area (Å²) in [6.07, 6.45) is -0.572. The maximum absolute atomic E-state index is 14.4. The minimum atomic E-state index is -4.05. The molecule has 1 heterocycles. The minimum absolute atomic E-state index is 0.0541. The van der Waals surface area contributed by atoms with E-state index in [4.69, 9.17) is 32.1 Å². The molecule has 0 fully saturated rings. The third kappa shape index (κ3) is 5.31. The van der Waals surface area contributed by atoms with Crippen LogP contribution in [0.4, 0.5) is 4.39 Å². The Morgan fingerprint density at radius 1 is 0.972 bits per heavy atom. The molecule has 2 amide bonds. The Bertz CT molecular complexity index is 1420. The first kappa shape index (κ1) is 25.9. The highest BCUT2D eigenvalue weighted by Crippen LogP contribution is 2.44. The highest BCUT2D eigenvalue weighted by Gasteiger charge is 2.37. The maximum atomic E-state index is 14.4. The first-order valence-electron chi connectivity index (χ1n) is 10.4. The Hall–Kier alpha value is -3.18. The number of halogens is 3. The summed E-state index contributed by atoms with van der Waals surface area (Å²) in [4.78, 5) is 26.2. The summed E-state index contributed by atoms with van der Waals surface area (Å²) in [6.45, 7) is -1.04. The van der Waals surface area contributed by atoms with E-state index in [1.165, 1.54) is 24.3 Å². The van der Waals surface area contributed by atoms with Gasteiger partial charge in [0, 0.05) is 17.2 Å². The summed E-state index contributed by atoms with van der Waals surface area (Å²) in [5.41, 5.74) is 0.454. The number of rotatable bonds is 8. The zero-order valence-corrected chi connectivity index (χ0v) is 20.9. The van der Waals surface area contributed by atoms with E-state index in [0.717, 1.165) is 23.3 Å². The van der Waals surface area contributed by atoms with Crippen LogP contribution in [0.5, 0.6) is 11.5 Å². The number of carbonyl (C=O) groups excluding carboxylic acids is 2. The zero-order valence-electron chi connectivity index (χ0n) is 18.6. The number of nitrogens with zero attached hydrogens (tertiary/aromatic N) is 1. The fourth-order valence-corrected chi connectivity index (χ4v) is 4.99. The van der Waals surface area contributed by atoms with Crippen LogP contribution in [-0.4, -0.2) is 55.7 Å². The molecule has 1 aliphatic heterocycles. The van der Waals surface area contributed by atoms with Crippen molar-refractivity contribution in [2.45, 2.75) is 6.10 Å². The molecule has 0 aliphatic carbocycles. The molecule has 0 radical (unpaired) electrons. The number of hydrogen-bond donors (Lipinski definition) is 1. The van der Waals surface area contributed by atoms with Gasteiger partial charge in [0.25, 0.3) is 21.9 Å². The average molecular weight is 554 g/mol. The predicted octanol–water partition coefficient (Wildman–Crippen LogP) is 4.52. The van der Waals surface area contributed by atoms with Gasteiger partial charge in [-0.3, -0.25) is 18.7 Å². The number of aromatic hydroxyl groups is 1. The van der Waals surface area contributed by atoms with Crippen LogP contribution < -0.4 is 4.74 Å². The second-order valence-corrected chi connectivity index (χ2v) is 10.3.